The van der Waals surface area contributed by atoms with Gasteiger partial charge in [0.1, 0.15) is 0 Å². The van der Waals surface area contributed by atoms with Gasteiger partial charge < -0.3 is 9.13 Å². The quantitative estimate of drug-likeness (QED) is 0.144. The third kappa shape index (κ3) is 7.54. The molecule has 0 saturated carbocycles. The zero-order valence-electron chi connectivity index (χ0n) is 48.5. The van der Waals surface area contributed by atoms with Crippen LogP contribution in [0.1, 0.15) is 95.8 Å². The molecule has 17 rings (SSSR count). The van der Waals surface area contributed by atoms with E-state index in [1.165, 1.54) is 164 Å². The van der Waals surface area contributed by atoms with Crippen molar-refractivity contribution in [2.24, 2.45) is 0 Å². The summed E-state index contributed by atoms with van der Waals surface area (Å²) in [4.78, 5) is 5.02. The summed E-state index contributed by atoms with van der Waals surface area (Å²) in [5.74, 6) is 0. The summed E-state index contributed by atoms with van der Waals surface area (Å²) in [6, 6.07) is 86.9. The van der Waals surface area contributed by atoms with Crippen LogP contribution in [0.25, 0.3) is 134 Å². The highest BCUT2D eigenvalue weighted by atomic mass is 32.1. The lowest BCUT2D eigenvalue weighted by molar-refractivity contribution is 0.660. The third-order valence-corrected chi connectivity index (χ3v) is 21.6. The van der Waals surface area contributed by atoms with Crippen molar-refractivity contribution in [2.75, 3.05) is 0 Å². The summed E-state index contributed by atoms with van der Waals surface area (Å²) < 4.78 is 4.92. The van der Waals surface area contributed by atoms with Gasteiger partial charge in [-0.3, -0.25) is 0 Å². The number of hydrogen-bond acceptors (Lipinski definition) is 2. The van der Waals surface area contributed by atoms with Crippen molar-refractivity contribution < 1.29 is 0 Å². The number of nitrogens with zero attached hydrogens (tertiary/aromatic N) is 2. The third-order valence-electron chi connectivity index (χ3n) is 19.4. The molecule has 0 spiro atoms. The minimum absolute atomic E-state index is 0.0623. The van der Waals surface area contributed by atoms with Crippen LogP contribution in [0.2, 0.25) is 0 Å². The fraction of sp³-hybridized carbons (Fsp3) is 0.111. The van der Waals surface area contributed by atoms with Crippen molar-refractivity contribution in [1.82, 2.24) is 9.13 Å². The normalized spacial score (nSPS) is 14.9. The van der Waals surface area contributed by atoms with Gasteiger partial charge in [0.15, 0.2) is 0 Å². The first kappa shape index (κ1) is 50.2. The lowest BCUT2D eigenvalue weighted by atomic mass is 9.81. The Labute approximate surface area is 504 Å². The molecule has 0 atom stereocenters. The zero-order valence-corrected chi connectivity index (χ0v) is 50.1. The average Bonchev–Trinajstić information content (AvgIpc) is 1.78. The van der Waals surface area contributed by atoms with Crippen molar-refractivity contribution >= 4 is 90.6 Å². The number of fused-ring (bicyclic) bond motifs is 15. The molecule has 4 heteroatoms. The second-order valence-corrected chi connectivity index (χ2v) is 27.5. The van der Waals surface area contributed by atoms with Crippen LogP contribution >= 0.6 is 22.7 Å². The monoisotopic (exact) mass is 1120 g/mol. The van der Waals surface area contributed by atoms with Crippen LogP contribution in [0.5, 0.6) is 0 Å². The number of hydrogen-bond donors (Lipinski definition) is 0. The number of para-hydroxylation sites is 2. The Kier molecular flexibility index (Phi) is 10.8. The van der Waals surface area contributed by atoms with Gasteiger partial charge in [-0.25, -0.2) is 0 Å². The number of rotatable bonds is 8. The van der Waals surface area contributed by atoms with Gasteiger partial charge >= 0.3 is 0 Å². The summed E-state index contributed by atoms with van der Waals surface area (Å²) in [6.45, 7) is 14.2. The molecule has 0 bridgehead atoms. The molecule has 0 saturated heterocycles. The highest BCUT2D eigenvalue weighted by molar-refractivity contribution is 7.16. The van der Waals surface area contributed by atoms with Crippen LogP contribution in [0, 0.1) is 0 Å². The van der Waals surface area contributed by atoms with E-state index >= 15 is 0 Å². The second kappa shape index (κ2) is 18.3. The smallest absolute Gasteiger partial charge is 0.0541 e. The Balaban J connectivity index is 0.606. The molecule has 14 aromatic rings. The van der Waals surface area contributed by atoms with Crippen LogP contribution in [-0.4, -0.2) is 9.13 Å². The first-order valence-corrected chi connectivity index (χ1v) is 31.4. The fourth-order valence-corrected chi connectivity index (χ4v) is 16.8. The summed E-state index contributed by atoms with van der Waals surface area (Å²) >= 11 is 3.70. The fourth-order valence-electron chi connectivity index (χ4n) is 15.0. The summed E-state index contributed by atoms with van der Waals surface area (Å²) in [5.41, 5.74) is 28.4. The van der Waals surface area contributed by atoms with Gasteiger partial charge in [0, 0.05) is 68.7 Å². The van der Waals surface area contributed by atoms with Crippen molar-refractivity contribution in [3.8, 4) is 65.6 Å². The molecule has 3 aliphatic carbocycles. The summed E-state index contributed by atoms with van der Waals surface area (Å²) in [6.07, 6.45) is 9.15. The molecule has 4 aromatic heterocycles. The van der Waals surface area contributed by atoms with Gasteiger partial charge in [-0.15, -0.1) is 22.7 Å². The summed E-state index contributed by atoms with van der Waals surface area (Å²) in [7, 11) is 0. The molecule has 3 aliphatic rings. The van der Waals surface area contributed by atoms with Gasteiger partial charge in [-0.2, -0.15) is 0 Å². The molecule has 85 heavy (non-hydrogen) atoms. The Morgan fingerprint density at radius 2 is 0.647 bits per heavy atom. The first-order valence-electron chi connectivity index (χ1n) is 29.8. The van der Waals surface area contributed by atoms with Crippen LogP contribution in [-0.2, 0) is 16.2 Å². The van der Waals surface area contributed by atoms with Crippen LogP contribution in [0.15, 0.2) is 231 Å². The van der Waals surface area contributed by atoms with Crippen molar-refractivity contribution in [3.05, 3.63) is 285 Å². The maximum absolute atomic E-state index is 2.46. The van der Waals surface area contributed by atoms with Crippen LogP contribution in [0.3, 0.4) is 0 Å². The van der Waals surface area contributed by atoms with Gasteiger partial charge in [0.2, 0.25) is 0 Å². The zero-order chi connectivity index (χ0) is 57.1. The Morgan fingerprint density at radius 1 is 0.282 bits per heavy atom. The molecule has 0 N–H and O–H groups in total. The molecule has 0 radical (unpaired) electrons. The standard InChI is InChI=1S/C81H60N2S2/c1-79(2)67-19-11-7-15-57(67)61-37-29-53(47-71(61)79)82-73-21-13-9-17-63(73)65-45-51(27-39-75(65)82)77-41-33-55(84-77)31-23-49-25-35-59-60-36-26-50(44-70(60)81(5,6)69(59)43-49)24-32-56-34-42-78(85-56)52-28-40-76-66(46-52)64-18-10-14-22-74(64)83(76)54-30-38-62-58-16-8-12-20-68(58)80(3,4)72(62)48-54/h7-48H,1-6H3. The van der Waals surface area contributed by atoms with Gasteiger partial charge in [0.05, 0.1) is 22.1 Å². The minimum Gasteiger partial charge on any atom is -0.309 e. The molecule has 10 aromatic carbocycles. The largest absolute Gasteiger partial charge is 0.309 e. The predicted molar refractivity (Wildman–Crippen MR) is 365 cm³/mol. The highest BCUT2D eigenvalue weighted by Gasteiger charge is 2.38. The van der Waals surface area contributed by atoms with Crippen LogP contribution in [0.4, 0.5) is 0 Å². The van der Waals surface area contributed by atoms with Gasteiger partial charge in [-0.05, 0) is 186 Å². The first-order chi connectivity index (χ1) is 41.4. The minimum atomic E-state index is -0.139. The number of thiophene rings is 2. The average molecular weight is 1130 g/mol. The molecule has 0 unspecified atom stereocenters. The van der Waals surface area contributed by atoms with E-state index < -0.39 is 0 Å². The molecule has 0 fully saturated rings. The molecule has 2 nitrogen and oxygen atoms in total. The Hall–Kier alpha value is -9.32. The molecule has 406 valence electrons. The van der Waals surface area contributed by atoms with E-state index in [-0.39, 0.29) is 16.2 Å². The lowest BCUT2D eigenvalue weighted by Crippen LogP contribution is -2.15. The van der Waals surface area contributed by atoms with E-state index in [1.807, 2.05) is 22.7 Å². The van der Waals surface area contributed by atoms with Crippen molar-refractivity contribution in [1.29, 1.82) is 0 Å². The Bertz CT molecular complexity index is 4900. The van der Waals surface area contributed by atoms with E-state index in [4.69, 9.17) is 0 Å². The van der Waals surface area contributed by atoms with E-state index in [9.17, 15) is 0 Å². The second-order valence-electron chi connectivity index (χ2n) is 25.3. The van der Waals surface area contributed by atoms with Gasteiger partial charge in [-0.1, -0.05) is 199 Å². The van der Waals surface area contributed by atoms with Gasteiger partial charge in [0.25, 0.3) is 0 Å². The van der Waals surface area contributed by atoms with Crippen LogP contribution < -0.4 is 0 Å². The van der Waals surface area contributed by atoms with Crippen molar-refractivity contribution in [2.45, 2.75) is 57.8 Å². The number of aromatic nitrogens is 2. The molecule has 0 amide bonds. The van der Waals surface area contributed by atoms with E-state index in [1.54, 1.807) is 0 Å². The molecule has 0 aliphatic heterocycles. The molecular formula is C81H60N2S2. The van der Waals surface area contributed by atoms with E-state index in [0.717, 1.165) is 0 Å². The topological polar surface area (TPSA) is 9.86 Å². The summed E-state index contributed by atoms with van der Waals surface area (Å²) in [5, 5.41) is 5.10. The highest BCUT2D eigenvalue weighted by Crippen LogP contribution is 2.53. The molecule has 4 heterocycles. The lowest BCUT2D eigenvalue weighted by Gasteiger charge is -2.22. The SMILES string of the molecule is CC1(C)c2cc(C=Cc3ccc(-c4ccc5c(c4)c4ccccc4n5-c4ccc5c(c4)C(C)(C)c4ccccc4-5)s3)ccc2-c2ccc(C=Cc3ccc(-c4ccc5c(c4)c4ccccc4n5-c4ccc5c(c4)C(C)(C)c4ccccc4-5)s3)cc21. The maximum atomic E-state index is 2.46. The molecular weight excluding hydrogens is 1070 g/mol. The predicted octanol–water partition coefficient (Wildman–Crippen LogP) is 22.6. The van der Waals surface area contributed by atoms with Crippen molar-refractivity contribution in [3.63, 3.8) is 0 Å². The Morgan fingerprint density at radius 3 is 1.11 bits per heavy atom. The van der Waals surface area contributed by atoms with E-state index in [2.05, 4.69) is 306 Å². The maximum Gasteiger partial charge on any atom is 0.0541 e. The van der Waals surface area contributed by atoms with E-state index in [0.29, 0.717) is 0 Å². The number of benzene rings is 10.